The van der Waals surface area contributed by atoms with Gasteiger partial charge in [0.1, 0.15) is 5.82 Å². The number of imidazole rings is 1. The Hall–Kier alpha value is -3.75. The van der Waals surface area contributed by atoms with Crippen molar-refractivity contribution < 1.29 is 24.9 Å². The Balaban J connectivity index is 1.81. The molecule has 0 saturated carbocycles. The van der Waals surface area contributed by atoms with E-state index in [1.54, 1.807) is 30.3 Å². The van der Waals surface area contributed by atoms with Crippen molar-refractivity contribution in [2.75, 3.05) is 6.61 Å². The molecule has 0 unspecified atom stereocenters. The SMILES string of the molecule is CCCCc1nc(Cl)c(CCO)n1Cc1ccc2nc(-c3ccccc3C(=O)O)cc(C(=O)O)c2c1. The molecule has 3 N–H and O–H groups in total. The maximum absolute atomic E-state index is 12.2. The molecule has 0 atom stereocenters. The van der Waals surface area contributed by atoms with Crippen LogP contribution in [-0.4, -0.2) is 48.4 Å². The molecule has 9 heteroatoms. The van der Waals surface area contributed by atoms with E-state index in [1.807, 2.05) is 10.6 Å². The van der Waals surface area contributed by atoms with Crippen LogP contribution in [0.5, 0.6) is 0 Å². The molecule has 2 aromatic heterocycles. The third-order valence-corrected chi connectivity index (χ3v) is 6.39. The van der Waals surface area contributed by atoms with Gasteiger partial charge >= 0.3 is 11.9 Å². The van der Waals surface area contributed by atoms with Crippen molar-refractivity contribution in [2.24, 2.45) is 0 Å². The van der Waals surface area contributed by atoms with Crippen LogP contribution >= 0.6 is 11.6 Å². The molecule has 0 aliphatic carbocycles. The first-order valence-corrected chi connectivity index (χ1v) is 12.1. The van der Waals surface area contributed by atoms with Crippen LogP contribution in [0.3, 0.4) is 0 Å². The second-order valence-electron chi connectivity index (χ2n) is 8.49. The van der Waals surface area contributed by atoms with Crippen LogP contribution in [0.4, 0.5) is 0 Å². The lowest BCUT2D eigenvalue weighted by Gasteiger charge is -2.14. The Bertz CT molecular complexity index is 1450. The third-order valence-electron chi connectivity index (χ3n) is 6.08. The molecule has 0 aliphatic heterocycles. The highest BCUT2D eigenvalue weighted by Crippen LogP contribution is 2.29. The van der Waals surface area contributed by atoms with Gasteiger partial charge in [-0.05, 0) is 36.2 Å². The van der Waals surface area contributed by atoms with Crippen molar-refractivity contribution in [3.8, 4) is 11.3 Å². The molecule has 0 spiro atoms. The minimum atomic E-state index is -1.14. The first-order chi connectivity index (χ1) is 17.3. The topological polar surface area (TPSA) is 126 Å². The molecule has 8 nitrogen and oxygen atoms in total. The van der Waals surface area contributed by atoms with Crippen molar-refractivity contribution >= 4 is 34.4 Å². The van der Waals surface area contributed by atoms with E-state index in [2.05, 4.69) is 16.9 Å². The highest BCUT2D eigenvalue weighted by molar-refractivity contribution is 6.30. The average Bonchev–Trinajstić information content (AvgIpc) is 3.15. The molecule has 36 heavy (non-hydrogen) atoms. The first kappa shape index (κ1) is 25.3. The number of benzene rings is 2. The summed E-state index contributed by atoms with van der Waals surface area (Å²) in [7, 11) is 0. The van der Waals surface area contributed by atoms with Crippen LogP contribution in [0.15, 0.2) is 48.5 Å². The molecule has 4 rings (SSSR count). The Morgan fingerprint density at radius 2 is 1.72 bits per heavy atom. The first-order valence-electron chi connectivity index (χ1n) is 11.7. The molecule has 0 saturated heterocycles. The van der Waals surface area contributed by atoms with Crippen LogP contribution in [0.1, 0.15) is 57.6 Å². The Kier molecular flexibility index (Phi) is 7.67. The minimum Gasteiger partial charge on any atom is -0.478 e. The Morgan fingerprint density at radius 1 is 0.972 bits per heavy atom. The molecule has 2 heterocycles. The van der Waals surface area contributed by atoms with Gasteiger partial charge in [-0.15, -0.1) is 0 Å². The number of hydrogen-bond donors (Lipinski definition) is 3. The summed E-state index contributed by atoms with van der Waals surface area (Å²) >= 11 is 6.37. The van der Waals surface area contributed by atoms with Crippen molar-refractivity contribution in [1.29, 1.82) is 0 Å². The van der Waals surface area contributed by atoms with Crippen molar-refractivity contribution in [2.45, 2.75) is 39.2 Å². The number of aromatic carboxylic acids is 2. The molecule has 186 valence electrons. The van der Waals surface area contributed by atoms with Gasteiger partial charge in [0.05, 0.1) is 28.0 Å². The summed E-state index contributed by atoms with van der Waals surface area (Å²) in [6.07, 6.45) is 3.04. The smallest absolute Gasteiger partial charge is 0.336 e. The number of carboxylic acid groups (broad SMARTS) is 2. The lowest BCUT2D eigenvalue weighted by atomic mass is 9.99. The predicted molar refractivity (Wildman–Crippen MR) is 137 cm³/mol. The van der Waals surface area contributed by atoms with Gasteiger partial charge in [0.25, 0.3) is 0 Å². The van der Waals surface area contributed by atoms with Gasteiger partial charge in [0.15, 0.2) is 5.15 Å². The number of aliphatic hydroxyl groups is 1. The number of aryl methyl sites for hydroxylation is 1. The molecule has 0 amide bonds. The fourth-order valence-corrected chi connectivity index (χ4v) is 4.62. The van der Waals surface area contributed by atoms with E-state index < -0.39 is 11.9 Å². The highest BCUT2D eigenvalue weighted by Gasteiger charge is 2.19. The molecule has 0 fully saturated rings. The van der Waals surface area contributed by atoms with Gasteiger partial charge in [-0.2, -0.15) is 0 Å². The molecular formula is C27H26ClN3O5. The number of aliphatic hydroxyl groups excluding tert-OH is 1. The number of fused-ring (bicyclic) bond motifs is 1. The van der Waals surface area contributed by atoms with E-state index in [0.717, 1.165) is 36.3 Å². The highest BCUT2D eigenvalue weighted by atomic mass is 35.5. The van der Waals surface area contributed by atoms with E-state index >= 15 is 0 Å². The lowest BCUT2D eigenvalue weighted by Crippen LogP contribution is -2.11. The second kappa shape index (κ2) is 10.9. The number of unbranched alkanes of at least 4 members (excludes halogenated alkanes) is 1. The molecule has 2 aromatic carbocycles. The van der Waals surface area contributed by atoms with Crippen molar-refractivity contribution in [3.63, 3.8) is 0 Å². The number of carbonyl (C=O) groups is 2. The summed E-state index contributed by atoms with van der Waals surface area (Å²) in [6.45, 7) is 2.44. The zero-order valence-corrected chi connectivity index (χ0v) is 20.5. The van der Waals surface area contributed by atoms with E-state index in [4.69, 9.17) is 11.6 Å². The van der Waals surface area contributed by atoms with Gasteiger partial charge in [-0.3, -0.25) is 0 Å². The summed E-state index contributed by atoms with van der Waals surface area (Å²) in [4.78, 5) is 33.0. The van der Waals surface area contributed by atoms with Crippen LogP contribution in [0.2, 0.25) is 5.15 Å². The maximum atomic E-state index is 12.2. The molecule has 0 aliphatic rings. The number of pyridine rings is 1. The van der Waals surface area contributed by atoms with Crippen molar-refractivity contribution in [1.82, 2.24) is 14.5 Å². The number of aromatic nitrogens is 3. The summed E-state index contributed by atoms with van der Waals surface area (Å²) in [5, 5.41) is 29.9. The fourth-order valence-electron chi connectivity index (χ4n) is 4.32. The quantitative estimate of drug-likeness (QED) is 0.273. The molecule has 0 bridgehead atoms. The van der Waals surface area contributed by atoms with Crippen molar-refractivity contribution in [3.05, 3.63) is 81.9 Å². The summed E-state index contributed by atoms with van der Waals surface area (Å²) in [6, 6.07) is 13.2. The molecule has 4 aromatic rings. The van der Waals surface area contributed by atoms with Gasteiger partial charge in [-0.1, -0.05) is 49.2 Å². The van der Waals surface area contributed by atoms with Gasteiger partial charge < -0.3 is 19.9 Å². The monoisotopic (exact) mass is 507 g/mol. The third kappa shape index (κ3) is 5.10. The zero-order chi connectivity index (χ0) is 25.8. The van der Waals surface area contributed by atoms with Gasteiger partial charge in [0, 0.05) is 36.9 Å². The Labute approximate surface area is 212 Å². The molecule has 0 radical (unpaired) electrons. The maximum Gasteiger partial charge on any atom is 0.336 e. The van der Waals surface area contributed by atoms with Gasteiger partial charge in [0.2, 0.25) is 0 Å². The number of halogens is 1. The van der Waals surface area contributed by atoms with Crippen LogP contribution in [-0.2, 0) is 19.4 Å². The number of nitrogens with zero attached hydrogens (tertiary/aromatic N) is 3. The van der Waals surface area contributed by atoms with Crippen LogP contribution in [0, 0.1) is 0 Å². The van der Waals surface area contributed by atoms with E-state index in [1.165, 1.54) is 12.1 Å². The largest absolute Gasteiger partial charge is 0.478 e. The lowest BCUT2D eigenvalue weighted by molar-refractivity contribution is 0.0688. The Morgan fingerprint density at radius 3 is 2.42 bits per heavy atom. The summed E-state index contributed by atoms with van der Waals surface area (Å²) in [5.41, 5.74) is 2.71. The molecular weight excluding hydrogens is 482 g/mol. The number of rotatable bonds is 10. The van der Waals surface area contributed by atoms with Crippen LogP contribution in [0.25, 0.3) is 22.2 Å². The van der Waals surface area contributed by atoms with E-state index in [0.29, 0.717) is 34.6 Å². The van der Waals surface area contributed by atoms with Gasteiger partial charge in [-0.25, -0.2) is 19.6 Å². The number of hydrogen-bond acceptors (Lipinski definition) is 5. The summed E-state index contributed by atoms with van der Waals surface area (Å²) < 4.78 is 1.99. The summed E-state index contributed by atoms with van der Waals surface area (Å²) in [5.74, 6) is -1.43. The van der Waals surface area contributed by atoms with Crippen LogP contribution < -0.4 is 0 Å². The van der Waals surface area contributed by atoms with E-state index in [9.17, 15) is 24.9 Å². The number of carboxylic acids is 2. The average molecular weight is 508 g/mol. The minimum absolute atomic E-state index is 0.0301. The zero-order valence-electron chi connectivity index (χ0n) is 19.7. The standard InChI is InChI=1S/C27H26ClN3O5/c1-2-3-8-24-30-25(28)23(11-12-32)31(24)15-16-9-10-21-19(13-16)20(27(35)36)14-22(29-21)17-6-4-5-7-18(17)26(33)34/h4-7,9-10,13-14,32H,2-3,8,11-12,15H2,1H3,(H,33,34)(H,35,36). The fraction of sp³-hybridized carbons (Fsp3) is 0.259. The van der Waals surface area contributed by atoms with E-state index in [-0.39, 0.29) is 23.4 Å². The predicted octanol–water partition coefficient (Wildman–Crippen LogP) is 5.07. The second-order valence-corrected chi connectivity index (χ2v) is 8.85. The normalized spacial score (nSPS) is 11.2.